The minimum Gasteiger partial charge on any atom is -0.382 e. The zero-order chi connectivity index (χ0) is 15.2. The highest BCUT2D eigenvalue weighted by atomic mass is 35.5. The topological polar surface area (TPSA) is 41.1 Å². The predicted molar refractivity (Wildman–Crippen MR) is 88.1 cm³/mol. The smallest absolute Gasteiger partial charge is 0.251 e. The number of hydrogen-bond donors (Lipinski definition) is 2. The van der Waals surface area contributed by atoms with Crippen molar-refractivity contribution < 1.29 is 4.79 Å². The Morgan fingerprint density at radius 3 is 2.57 bits per heavy atom. The Balaban J connectivity index is 2.00. The molecular formula is C17H19ClN2O. The summed E-state index contributed by atoms with van der Waals surface area (Å²) in [6, 6.07) is 15.6. The molecule has 0 aromatic heterocycles. The second-order valence-corrected chi connectivity index (χ2v) is 5.47. The van der Waals surface area contributed by atoms with Gasteiger partial charge in [-0.05, 0) is 49.2 Å². The van der Waals surface area contributed by atoms with E-state index in [1.54, 1.807) is 13.1 Å². The number of carbonyl (C=O) groups excluding carboxylic acids is 1. The van der Waals surface area contributed by atoms with Crippen molar-refractivity contribution in [1.82, 2.24) is 5.32 Å². The zero-order valence-electron chi connectivity index (χ0n) is 12.2. The Kier molecular flexibility index (Phi) is 5.23. The Labute approximate surface area is 130 Å². The molecule has 0 fully saturated rings. The van der Waals surface area contributed by atoms with E-state index in [-0.39, 0.29) is 11.9 Å². The highest BCUT2D eigenvalue weighted by Gasteiger charge is 2.07. The maximum atomic E-state index is 11.6. The molecule has 110 valence electrons. The summed E-state index contributed by atoms with van der Waals surface area (Å²) >= 11 is 5.89. The molecule has 2 aromatic rings. The van der Waals surface area contributed by atoms with Gasteiger partial charge in [-0.15, -0.1) is 0 Å². The van der Waals surface area contributed by atoms with Gasteiger partial charge in [0.1, 0.15) is 0 Å². The molecule has 0 radical (unpaired) electrons. The van der Waals surface area contributed by atoms with Gasteiger partial charge in [-0.2, -0.15) is 0 Å². The molecule has 0 aliphatic heterocycles. The molecule has 0 bridgehead atoms. The van der Waals surface area contributed by atoms with Crippen LogP contribution in [0.25, 0.3) is 0 Å². The third-order valence-corrected chi connectivity index (χ3v) is 3.47. The first-order chi connectivity index (χ1) is 10.1. The monoisotopic (exact) mass is 302 g/mol. The quantitative estimate of drug-likeness (QED) is 0.883. The van der Waals surface area contributed by atoms with E-state index in [2.05, 4.69) is 17.6 Å². The fraction of sp³-hybridized carbons (Fsp3) is 0.235. The molecule has 3 nitrogen and oxygen atoms in total. The van der Waals surface area contributed by atoms with Crippen LogP contribution in [0.4, 0.5) is 5.69 Å². The molecule has 0 aliphatic carbocycles. The summed E-state index contributed by atoms with van der Waals surface area (Å²) in [4.78, 5) is 11.6. The van der Waals surface area contributed by atoms with Crippen molar-refractivity contribution in [2.75, 3.05) is 12.4 Å². The molecule has 2 N–H and O–H groups in total. The summed E-state index contributed by atoms with van der Waals surface area (Å²) in [6.07, 6.45) is 0.890. The number of hydrogen-bond acceptors (Lipinski definition) is 2. The highest BCUT2D eigenvalue weighted by Crippen LogP contribution is 2.15. The maximum absolute atomic E-state index is 11.6. The van der Waals surface area contributed by atoms with Crippen molar-refractivity contribution in [2.45, 2.75) is 19.4 Å². The van der Waals surface area contributed by atoms with Gasteiger partial charge in [0.25, 0.3) is 5.91 Å². The zero-order valence-corrected chi connectivity index (χ0v) is 12.9. The molecule has 21 heavy (non-hydrogen) atoms. The van der Waals surface area contributed by atoms with Crippen LogP contribution in [0.3, 0.4) is 0 Å². The normalized spacial score (nSPS) is 11.8. The average Bonchev–Trinajstić information content (AvgIpc) is 2.49. The molecule has 1 amide bonds. The lowest BCUT2D eigenvalue weighted by Gasteiger charge is -2.16. The largest absolute Gasteiger partial charge is 0.382 e. The van der Waals surface area contributed by atoms with E-state index >= 15 is 0 Å². The van der Waals surface area contributed by atoms with E-state index < -0.39 is 0 Å². The number of halogens is 1. The molecular weight excluding hydrogens is 284 g/mol. The second-order valence-electron chi connectivity index (χ2n) is 5.04. The minimum atomic E-state index is -0.0796. The van der Waals surface area contributed by atoms with Gasteiger partial charge in [-0.1, -0.05) is 29.8 Å². The van der Waals surface area contributed by atoms with Gasteiger partial charge in [-0.3, -0.25) is 4.79 Å². The molecule has 2 rings (SSSR count). The molecule has 1 atom stereocenters. The molecule has 0 heterocycles. The van der Waals surface area contributed by atoms with E-state index in [0.29, 0.717) is 5.56 Å². The van der Waals surface area contributed by atoms with Crippen molar-refractivity contribution in [3.05, 3.63) is 64.7 Å². The Hall–Kier alpha value is -2.00. The number of benzene rings is 2. The Bertz CT molecular complexity index is 610. The number of anilines is 1. The van der Waals surface area contributed by atoms with Crippen LogP contribution >= 0.6 is 11.6 Å². The summed E-state index contributed by atoms with van der Waals surface area (Å²) in [6.45, 7) is 2.11. The molecule has 0 saturated heterocycles. The van der Waals surface area contributed by atoms with Crippen LogP contribution in [-0.2, 0) is 6.42 Å². The standard InChI is InChI=1S/C17H19ClN2O/c1-12(10-13-6-8-15(18)9-7-13)20-16-5-3-4-14(11-16)17(21)19-2/h3-9,11-12,20H,10H2,1-2H3,(H,19,21). The highest BCUT2D eigenvalue weighted by molar-refractivity contribution is 6.30. The van der Waals surface area contributed by atoms with Gasteiger partial charge in [0.05, 0.1) is 0 Å². The van der Waals surface area contributed by atoms with Crippen LogP contribution in [0.1, 0.15) is 22.8 Å². The Morgan fingerprint density at radius 1 is 1.19 bits per heavy atom. The first-order valence-electron chi connectivity index (χ1n) is 6.91. The van der Waals surface area contributed by atoms with Gasteiger partial charge in [0.15, 0.2) is 0 Å². The molecule has 2 aromatic carbocycles. The van der Waals surface area contributed by atoms with Crippen molar-refractivity contribution in [3.63, 3.8) is 0 Å². The summed E-state index contributed by atoms with van der Waals surface area (Å²) in [5, 5.41) is 6.79. The lowest BCUT2D eigenvalue weighted by atomic mass is 10.1. The molecule has 1 unspecified atom stereocenters. The summed E-state index contributed by atoms with van der Waals surface area (Å²) in [5.74, 6) is -0.0796. The SMILES string of the molecule is CNC(=O)c1cccc(NC(C)Cc2ccc(Cl)cc2)c1. The van der Waals surface area contributed by atoms with Gasteiger partial charge >= 0.3 is 0 Å². The van der Waals surface area contributed by atoms with Gasteiger partial charge < -0.3 is 10.6 Å². The minimum absolute atomic E-state index is 0.0796. The molecule has 0 saturated carbocycles. The average molecular weight is 303 g/mol. The van der Waals surface area contributed by atoms with E-state index in [1.807, 2.05) is 42.5 Å². The van der Waals surface area contributed by atoms with Crippen molar-refractivity contribution in [3.8, 4) is 0 Å². The van der Waals surface area contributed by atoms with E-state index in [9.17, 15) is 4.79 Å². The summed E-state index contributed by atoms with van der Waals surface area (Å²) in [5.41, 5.74) is 2.82. The summed E-state index contributed by atoms with van der Waals surface area (Å²) in [7, 11) is 1.63. The van der Waals surface area contributed by atoms with E-state index in [1.165, 1.54) is 5.56 Å². The van der Waals surface area contributed by atoms with Crippen LogP contribution in [0.15, 0.2) is 48.5 Å². The first kappa shape index (κ1) is 15.4. The van der Waals surface area contributed by atoms with Crippen molar-refractivity contribution in [1.29, 1.82) is 0 Å². The third-order valence-electron chi connectivity index (χ3n) is 3.22. The third kappa shape index (κ3) is 4.50. The maximum Gasteiger partial charge on any atom is 0.251 e. The fourth-order valence-electron chi connectivity index (χ4n) is 2.20. The number of rotatable bonds is 5. The lowest BCUT2D eigenvalue weighted by Crippen LogP contribution is -2.20. The van der Waals surface area contributed by atoms with Crippen LogP contribution < -0.4 is 10.6 Å². The van der Waals surface area contributed by atoms with Crippen LogP contribution in [0.2, 0.25) is 5.02 Å². The Morgan fingerprint density at radius 2 is 1.90 bits per heavy atom. The molecule has 4 heteroatoms. The summed E-state index contributed by atoms with van der Waals surface area (Å²) < 4.78 is 0. The van der Waals surface area contributed by atoms with E-state index in [0.717, 1.165) is 17.1 Å². The number of carbonyl (C=O) groups is 1. The van der Waals surface area contributed by atoms with E-state index in [4.69, 9.17) is 11.6 Å². The van der Waals surface area contributed by atoms with Crippen LogP contribution in [-0.4, -0.2) is 19.0 Å². The van der Waals surface area contributed by atoms with Crippen LogP contribution in [0, 0.1) is 0 Å². The number of amides is 1. The van der Waals surface area contributed by atoms with Gasteiger partial charge in [0.2, 0.25) is 0 Å². The second kappa shape index (κ2) is 7.14. The first-order valence-corrected chi connectivity index (χ1v) is 7.29. The van der Waals surface area contributed by atoms with Gasteiger partial charge in [0, 0.05) is 29.4 Å². The van der Waals surface area contributed by atoms with Crippen molar-refractivity contribution in [2.24, 2.45) is 0 Å². The van der Waals surface area contributed by atoms with Crippen molar-refractivity contribution >= 4 is 23.2 Å². The molecule has 0 aliphatic rings. The molecule has 0 spiro atoms. The fourth-order valence-corrected chi connectivity index (χ4v) is 2.33. The predicted octanol–water partition coefficient (Wildman–Crippen LogP) is 3.74. The number of nitrogens with one attached hydrogen (secondary N) is 2. The lowest BCUT2D eigenvalue weighted by molar-refractivity contribution is 0.0963. The van der Waals surface area contributed by atoms with Crippen LogP contribution in [0.5, 0.6) is 0 Å². The van der Waals surface area contributed by atoms with Gasteiger partial charge in [-0.25, -0.2) is 0 Å².